The number of carboxylic acids is 1. The van der Waals surface area contributed by atoms with Crippen molar-refractivity contribution in [2.24, 2.45) is 0 Å². The maximum Gasteiger partial charge on any atom is 0.335 e. The third-order valence-electron chi connectivity index (χ3n) is 7.44. The third kappa shape index (κ3) is 4.53. The van der Waals surface area contributed by atoms with Gasteiger partial charge in [-0.2, -0.15) is 0 Å². The number of hydrogen-bond acceptors (Lipinski definition) is 4. The van der Waals surface area contributed by atoms with Crippen LogP contribution in [0.3, 0.4) is 0 Å². The highest BCUT2D eigenvalue weighted by Crippen LogP contribution is 2.45. The molecule has 0 bridgehead atoms. The zero-order valence-electron chi connectivity index (χ0n) is 20.0. The van der Waals surface area contributed by atoms with Gasteiger partial charge in [-0.15, -0.1) is 0 Å². The molecular weight excluding hydrogens is 478 g/mol. The van der Waals surface area contributed by atoms with Gasteiger partial charge >= 0.3 is 5.97 Å². The van der Waals surface area contributed by atoms with Gasteiger partial charge < -0.3 is 19.9 Å². The van der Waals surface area contributed by atoms with Crippen molar-refractivity contribution in [3.05, 3.63) is 94.0 Å². The largest absolute Gasteiger partial charge is 0.497 e. The summed E-state index contributed by atoms with van der Waals surface area (Å²) in [5, 5.41) is 13.3. The lowest BCUT2D eigenvalue weighted by Crippen LogP contribution is -2.45. The maximum atomic E-state index is 13.9. The van der Waals surface area contributed by atoms with Gasteiger partial charge in [-0.25, -0.2) is 4.79 Å². The molecule has 0 radical (unpaired) electrons. The number of halogens is 1. The normalized spacial score (nSPS) is 20.2. The van der Waals surface area contributed by atoms with Gasteiger partial charge in [-0.1, -0.05) is 48.7 Å². The summed E-state index contributed by atoms with van der Waals surface area (Å²) < 4.78 is 11.7. The third-order valence-corrected chi connectivity index (χ3v) is 7.69. The van der Waals surface area contributed by atoms with Gasteiger partial charge in [0, 0.05) is 23.1 Å². The molecule has 2 atom stereocenters. The van der Waals surface area contributed by atoms with E-state index in [-0.39, 0.29) is 23.6 Å². The second kappa shape index (κ2) is 9.86. The molecule has 3 aromatic carbocycles. The Morgan fingerprint density at radius 2 is 1.72 bits per heavy atom. The number of carboxylic acid groups (broad SMARTS) is 1. The molecule has 7 heteroatoms. The van der Waals surface area contributed by atoms with Crippen LogP contribution in [-0.4, -0.2) is 24.1 Å². The molecule has 1 saturated carbocycles. The second-order valence-electron chi connectivity index (χ2n) is 9.50. The van der Waals surface area contributed by atoms with Crippen molar-refractivity contribution in [3.63, 3.8) is 0 Å². The minimum atomic E-state index is -0.976. The van der Waals surface area contributed by atoms with E-state index in [1.54, 1.807) is 31.4 Å². The summed E-state index contributed by atoms with van der Waals surface area (Å²) in [5.74, 6) is 0.339. The molecule has 0 unspecified atom stereocenters. The van der Waals surface area contributed by atoms with Gasteiger partial charge in [-0.3, -0.25) is 4.79 Å². The van der Waals surface area contributed by atoms with E-state index in [0.29, 0.717) is 22.9 Å². The number of aromatic carboxylic acids is 1. The number of carbonyl (C=O) groups excluding carboxylic acids is 1. The average molecular weight is 506 g/mol. The fourth-order valence-corrected chi connectivity index (χ4v) is 5.57. The van der Waals surface area contributed by atoms with Crippen LogP contribution >= 0.6 is 11.6 Å². The summed E-state index contributed by atoms with van der Waals surface area (Å²) in [7, 11) is 1.60. The molecule has 1 aliphatic heterocycles. The van der Waals surface area contributed by atoms with Crippen LogP contribution in [0.5, 0.6) is 11.5 Å². The predicted molar refractivity (Wildman–Crippen MR) is 137 cm³/mol. The lowest BCUT2D eigenvalue weighted by molar-refractivity contribution is -0.127. The molecule has 2 N–H and O–H groups in total. The molecule has 3 aromatic rings. The molecule has 5 rings (SSSR count). The SMILES string of the molecule is COc1ccc2c(c1)O[C@@H](c1ccc(C(=O)O)cc1)C[C@H]2NC(=O)C1(c2ccc(Cl)cc2)CCCC1. The lowest BCUT2D eigenvalue weighted by Gasteiger charge is -2.36. The molecule has 1 aliphatic carbocycles. The minimum absolute atomic E-state index is 0.0102. The molecule has 2 aliphatic rings. The Labute approximate surface area is 215 Å². The van der Waals surface area contributed by atoms with E-state index in [9.17, 15) is 14.7 Å². The lowest BCUT2D eigenvalue weighted by atomic mass is 9.77. The number of methoxy groups -OCH3 is 1. The van der Waals surface area contributed by atoms with Crippen LogP contribution < -0.4 is 14.8 Å². The predicted octanol–water partition coefficient (Wildman–Crippen LogP) is 6.24. The zero-order valence-corrected chi connectivity index (χ0v) is 20.8. The van der Waals surface area contributed by atoms with E-state index < -0.39 is 11.4 Å². The number of amides is 1. The Bertz CT molecular complexity index is 1270. The van der Waals surface area contributed by atoms with Crippen molar-refractivity contribution in [2.75, 3.05) is 7.11 Å². The second-order valence-corrected chi connectivity index (χ2v) is 9.93. The Hall–Kier alpha value is -3.51. The van der Waals surface area contributed by atoms with E-state index in [2.05, 4.69) is 5.32 Å². The van der Waals surface area contributed by atoms with Gasteiger partial charge in [-0.05, 0) is 60.4 Å². The summed E-state index contributed by atoms with van der Waals surface area (Å²) in [6.07, 6.45) is 3.74. The van der Waals surface area contributed by atoms with Crippen molar-refractivity contribution >= 4 is 23.5 Å². The fraction of sp³-hybridized carbons (Fsp3) is 0.310. The van der Waals surface area contributed by atoms with Gasteiger partial charge in [0.2, 0.25) is 5.91 Å². The average Bonchev–Trinajstić information content (AvgIpc) is 3.40. The van der Waals surface area contributed by atoms with Crippen LogP contribution in [0.1, 0.15) is 71.3 Å². The number of carbonyl (C=O) groups is 2. The fourth-order valence-electron chi connectivity index (χ4n) is 5.45. The Morgan fingerprint density at radius 3 is 2.36 bits per heavy atom. The standard InChI is InChI=1S/C29H28ClNO5/c1-35-22-12-13-23-24(17-25(36-26(23)16-22)18-4-6-19(7-5-18)27(32)33)31-28(34)29(14-2-3-15-29)20-8-10-21(30)11-9-20/h4-13,16,24-25H,2-3,14-15,17H2,1H3,(H,31,34)(H,32,33)/t24-,25-/m1/s1. The first-order valence-electron chi connectivity index (χ1n) is 12.1. The van der Waals surface area contributed by atoms with Gasteiger partial charge in [0.25, 0.3) is 0 Å². The summed E-state index contributed by atoms with van der Waals surface area (Å²) >= 11 is 6.12. The molecule has 1 heterocycles. The molecule has 0 spiro atoms. The highest BCUT2D eigenvalue weighted by atomic mass is 35.5. The van der Waals surface area contributed by atoms with E-state index in [1.165, 1.54) is 0 Å². The number of ether oxygens (including phenoxy) is 2. The van der Waals surface area contributed by atoms with Crippen LogP contribution in [0.2, 0.25) is 5.02 Å². The van der Waals surface area contributed by atoms with E-state index >= 15 is 0 Å². The summed E-state index contributed by atoms with van der Waals surface area (Å²) in [4.78, 5) is 25.2. The van der Waals surface area contributed by atoms with Crippen LogP contribution in [0.4, 0.5) is 0 Å². The van der Waals surface area contributed by atoms with E-state index in [1.807, 2.05) is 42.5 Å². The highest BCUT2D eigenvalue weighted by molar-refractivity contribution is 6.30. The number of rotatable bonds is 6. The van der Waals surface area contributed by atoms with E-state index in [0.717, 1.165) is 42.4 Å². The Kier molecular flexibility index (Phi) is 6.63. The van der Waals surface area contributed by atoms with Crippen LogP contribution in [-0.2, 0) is 10.2 Å². The van der Waals surface area contributed by atoms with Crippen molar-refractivity contribution < 1.29 is 24.2 Å². The molecule has 186 valence electrons. The Balaban J connectivity index is 1.47. The zero-order chi connectivity index (χ0) is 25.3. The number of fused-ring (bicyclic) bond motifs is 1. The maximum absolute atomic E-state index is 13.9. The first kappa shape index (κ1) is 24.2. The first-order valence-corrected chi connectivity index (χ1v) is 12.5. The van der Waals surface area contributed by atoms with Crippen LogP contribution in [0, 0.1) is 0 Å². The van der Waals surface area contributed by atoms with E-state index in [4.69, 9.17) is 21.1 Å². The van der Waals surface area contributed by atoms with Crippen LogP contribution in [0.15, 0.2) is 66.7 Å². The molecular formula is C29H28ClNO5. The van der Waals surface area contributed by atoms with Gasteiger partial charge in [0.05, 0.1) is 24.1 Å². The number of nitrogens with one attached hydrogen (secondary N) is 1. The molecule has 36 heavy (non-hydrogen) atoms. The monoisotopic (exact) mass is 505 g/mol. The molecule has 0 saturated heterocycles. The van der Waals surface area contributed by atoms with Crippen molar-refractivity contribution in [1.82, 2.24) is 5.32 Å². The molecule has 1 fully saturated rings. The van der Waals surface area contributed by atoms with Gasteiger partial charge in [0.15, 0.2) is 0 Å². The molecule has 1 amide bonds. The van der Waals surface area contributed by atoms with Gasteiger partial charge in [0.1, 0.15) is 17.6 Å². The van der Waals surface area contributed by atoms with Crippen molar-refractivity contribution in [1.29, 1.82) is 0 Å². The summed E-state index contributed by atoms with van der Waals surface area (Å²) in [5.41, 5.74) is 2.36. The minimum Gasteiger partial charge on any atom is -0.497 e. The van der Waals surface area contributed by atoms with Crippen LogP contribution in [0.25, 0.3) is 0 Å². The molecule has 0 aromatic heterocycles. The molecule has 6 nitrogen and oxygen atoms in total. The smallest absolute Gasteiger partial charge is 0.335 e. The first-order chi connectivity index (χ1) is 17.4. The Morgan fingerprint density at radius 1 is 1.03 bits per heavy atom. The topological polar surface area (TPSA) is 84.9 Å². The summed E-state index contributed by atoms with van der Waals surface area (Å²) in [6, 6.07) is 19.7. The summed E-state index contributed by atoms with van der Waals surface area (Å²) in [6.45, 7) is 0. The number of benzene rings is 3. The van der Waals surface area contributed by atoms with Crippen molar-refractivity contribution in [2.45, 2.75) is 49.7 Å². The highest BCUT2D eigenvalue weighted by Gasteiger charge is 2.44. The van der Waals surface area contributed by atoms with Crippen molar-refractivity contribution in [3.8, 4) is 11.5 Å². The quantitative estimate of drug-likeness (QED) is 0.414. The number of hydrogen-bond donors (Lipinski definition) is 2.